The van der Waals surface area contributed by atoms with Crippen molar-refractivity contribution in [3.63, 3.8) is 0 Å². The van der Waals surface area contributed by atoms with E-state index in [0.717, 1.165) is 5.56 Å². The van der Waals surface area contributed by atoms with E-state index in [1.165, 1.54) is 30.3 Å². The van der Waals surface area contributed by atoms with E-state index in [1.807, 2.05) is 37.3 Å². The van der Waals surface area contributed by atoms with Crippen molar-refractivity contribution in [3.8, 4) is 11.4 Å². The van der Waals surface area contributed by atoms with Gasteiger partial charge in [0.25, 0.3) is 11.6 Å². The lowest BCUT2D eigenvalue weighted by molar-refractivity contribution is -0.384. The third-order valence-electron chi connectivity index (χ3n) is 5.43. The number of carbonyl (C=O) groups is 1. The Balaban J connectivity index is 1.56. The van der Waals surface area contributed by atoms with Gasteiger partial charge in [-0.2, -0.15) is 4.98 Å². The van der Waals surface area contributed by atoms with Crippen LogP contribution in [-0.4, -0.2) is 32.4 Å². The molecule has 1 atom stereocenters. The molecular weight excluding hydrogens is 439 g/mol. The van der Waals surface area contributed by atoms with Crippen LogP contribution in [0.1, 0.15) is 34.8 Å². The van der Waals surface area contributed by atoms with E-state index in [-0.39, 0.29) is 47.9 Å². The maximum absolute atomic E-state index is 13.8. The summed E-state index contributed by atoms with van der Waals surface area (Å²) in [5.41, 5.74) is 1.54. The van der Waals surface area contributed by atoms with Gasteiger partial charge in [-0.3, -0.25) is 14.9 Å². The molecule has 0 aliphatic heterocycles. The van der Waals surface area contributed by atoms with Gasteiger partial charge in [0.1, 0.15) is 5.82 Å². The minimum atomic E-state index is -0.495. The molecule has 0 aliphatic carbocycles. The number of nitrogens with zero attached hydrogens (tertiary/aromatic N) is 4. The first-order valence-corrected chi connectivity index (χ1v) is 10.6. The van der Waals surface area contributed by atoms with Crippen LogP contribution in [0.3, 0.4) is 0 Å². The molecule has 4 rings (SSSR count). The molecule has 172 valence electrons. The molecule has 8 nitrogen and oxygen atoms in total. The van der Waals surface area contributed by atoms with Crippen LogP contribution in [0.4, 0.5) is 10.1 Å². The maximum Gasteiger partial charge on any atom is 0.270 e. The van der Waals surface area contributed by atoms with Crippen LogP contribution in [0.15, 0.2) is 83.4 Å². The van der Waals surface area contributed by atoms with Crippen molar-refractivity contribution in [2.45, 2.75) is 19.4 Å². The Morgan fingerprint density at radius 3 is 2.59 bits per heavy atom. The van der Waals surface area contributed by atoms with Gasteiger partial charge in [-0.25, -0.2) is 4.39 Å². The van der Waals surface area contributed by atoms with Crippen molar-refractivity contribution in [2.75, 3.05) is 6.54 Å². The molecule has 0 spiro atoms. The molecule has 0 radical (unpaired) electrons. The van der Waals surface area contributed by atoms with Gasteiger partial charge >= 0.3 is 0 Å². The summed E-state index contributed by atoms with van der Waals surface area (Å²) >= 11 is 0. The second-order valence-electron chi connectivity index (χ2n) is 7.66. The Morgan fingerprint density at radius 2 is 1.85 bits per heavy atom. The van der Waals surface area contributed by atoms with Crippen molar-refractivity contribution < 1.29 is 18.6 Å². The molecule has 34 heavy (non-hydrogen) atoms. The van der Waals surface area contributed by atoms with Gasteiger partial charge in [-0.1, -0.05) is 53.7 Å². The van der Waals surface area contributed by atoms with Gasteiger partial charge in [-0.05, 0) is 30.7 Å². The number of carbonyl (C=O) groups excluding carboxylic acids is 1. The summed E-state index contributed by atoms with van der Waals surface area (Å²) in [6.45, 7) is 2.14. The Morgan fingerprint density at radius 1 is 1.09 bits per heavy atom. The molecule has 1 aromatic heterocycles. The molecule has 9 heteroatoms. The van der Waals surface area contributed by atoms with Crippen LogP contribution in [0, 0.1) is 15.9 Å². The highest BCUT2D eigenvalue weighted by Crippen LogP contribution is 2.24. The topological polar surface area (TPSA) is 102 Å². The number of nitro groups is 1. The Kier molecular flexibility index (Phi) is 6.72. The smallest absolute Gasteiger partial charge is 0.270 e. The molecule has 1 heterocycles. The number of hydrogen-bond acceptors (Lipinski definition) is 6. The molecule has 0 fully saturated rings. The van der Waals surface area contributed by atoms with Crippen LogP contribution >= 0.6 is 0 Å². The highest BCUT2D eigenvalue weighted by Gasteiger charge is 2.24. The van der Waals surface area contributed by atoms with E-state index in [0.29, 0.717) is 5.56 Å². The van der Waals surface area contributed by atoms with Crippen molar-refractivity contribution in [2.24, 2.45) is 0 Å². The minimum Gasteiger partial charge on any atom is -0.339 e. The lowest BCUT2D eigenvalue weighted by Crippen LogP contribution is -2.35. The van der Waals surface area contributed by atoms with E-state index in [9.17, 15) is 19.3 Å². The number of nitro benzene ring substituents is 1. The zero-order chi connectivity index (χ0) is 24.1. The molecule has 0 saturated heterocycles. The van der Waals surface area contributed by atoms with Gasteiger partial charge in [0.05, 0.1) is 11.0 Å². The van der Waals surface area contributed by atoms with E-state index in [4.69, 9.17) is 4.52 Å². The monoisotopic (exact) mass is 460 g/mol. The summed E-state index contributed by atoms with van der Waals surface area (Å²) < 4.78 is 19.1. The normalized spacial score (nSPS) is 11.7. The first kappa shape index (κ1) is 22.8. The molecule has 0 unspecified atom stereocenters. The number of non-ortho nitro benzene ring substituents is 1. The first-order chi connectivity index (χ1) is 16.4. The van der Waals surface area contributed by atoms with Gasteiger partial charge in [0.2, 0.25) is 11.7 Å². The standard InChI is InChI=1S/C25H21FN4O4/c1-17(18-7-3-2-4-8-18)29(25(31)20-10-5-11-21(26)15-20)14-13-23-27-24(28-34-23)19-9-6-12-22(16-19)30(32)33/h2-12,15-17H,13-14H2,1H3/t17-/m1/s1. The Bertz CT molecular complexity index is 1310. The summed E-state index contributed by atoms with van der Waals surface area (Å²) in [5, 5.41) is 15.0. The summed E-state index contributed by atoms with van der Waals surface area (Å²) in [4.78, 5) is 29.8. The molecular formula is C25H21FN4O4. The van der Waals surface area contributed by atoms with Gasteiger partial charge in [-0.15, -0.1) is 0 Å². The second kappa shape index (κ2) is 10.0. The summed E-state index contributed by atoms with van der Waals surface area (Å²) in [6, 6.07) is 20.7. The molecule has 0 N–H and O–H groups in total. The number of aromatic nitrogens is 2. The van der Waals surface area contributed by atoms with Crippen LogP contribution in [0.5, 0.6) is 0 Å². The SMILES string of the molecule is C[C@H](c1ccccc1)N(CCc1nc(-c2cccc([N+](=O)[O-])c2)no1)C(=O)c1cccc(F)c1. The predicted octanol–water partition coefficient (Wildman–Crippen LogP) is 5.23. The van der Waals surface area contributed by atoms with Crippen molar-refractivity contribution >= 4 is 11.6 Å². The predicted molar refractivity (Wildman–Crippen MR) is 122 cm³/mol. The second-order valence-corrected chi connectivity index (χ2v) is 7.66. The van der Waals surface area contributed by atoms with Gasteiger partial charge in [0, 0.05) is 36.2 Å². The molecule has 3 aromatic carbocycles. The lowest BCUT2D eigenvalue weighted by Gasteiger charge is -2.29. The van der Waals surface area contributed by atoms with Gasteiger partial charge < -0.3 is 9.42 Å². The molecule has 0 bridgehead atoms. The quantitative estimate of drug-likeness (QED) is 0.264. The number of amides is 1. The van der Waals surface area contributed by atoms with Crippen LogP contribution < -0.4 is 0 Å². The fourth-order valence-electron chi connectivity index (χ4n) is 3.62. The average Bonchev–Trinajstić information content (AvgIpc) is 3.33. The number of hydrogen-bond donors (Lipinski definition) is 0. The summed E-state index contributed by atoms with van der Waals surface area (Å²) in [5.74, 6) is -0.317. The summed E-state index contributed by atoms with van der Waals surface area (Å²) in [6.07, 6.45) is 0.250. The van der Waals surface area contributed by atoms with E-state index < -0.39 is 10.7 Å². The lowest BCUT2D eigenvalue weighted by atomic mass is 10.0. The highest BCUT2D eigenvalue weighted by molar-refractivity contribution is 5.94. The largest absolute Gasteiger partial charge is 0.339 e. The van der Waals surface area contributed by atoms with E-state index in [2.05, 4.69) is 10.1 Å². The van der Waals surface area contributed by atoms with Crippen molar-refractivity contribution in [3.05, 3.63) is 112 Å². The Hall–Kier alpha value is -4.40. The average molecular weight is 460 g/mol. The number of halogens is 1. The highest BCUT2D eigenvalue weighted by atomic mass is 19.1. The maximum atomic E-state index is 13.8. The third kappa shape index (κ3) is 5.15. The molecule has 1 amide bonds. The molecule has 4 aromatic rings. The fourth-order valence-corrected chi connectivity index (χ4v) is 3.62. The van der Waals surface area contributed by atoms with E-state index >= 15 is 0 Å². The molecule has 0 aliphatic rings. The third-order valence-corrected chi connectivity index (χ3v) is 5.43. The number of rotatable bonds is 8. The van der Waals surface area contributed by atoms with Crippen LogP contribution in [-0.2, 0) is 6.42 Å². The Labute approximate surface area is 194 Å². The van der Waals surface area contributed by atoms with E-state index in [1.54, 1.807) is 23.1 Å². The number of benzene rings is 3. The van der Waals surface area contributed by atoms with Crippen LogP contribution in [0.2, 0.25) is 0 Å². The molecule has 0 saturated carbocycles. The minimum absolute atomic E-state index is 0.0765. The summed E-state index contributed by atoms with van der Waals surface area (Å²) in [7, 11) is 0. The van der Waals surface area contributed by atoms with Gasteiger partial charge in [0.15, 0.2) is 0 Å². The zero-order valence-corrected chi connectivity index (χ0v) is 18.3. The first-order valence-electron chi connectivity index (χ1n) is 10.6. The zero-order valence-electron chi connectivity index (χ0n) is 18.3. The van der Waals surface area contributed by atoms with Crippen molar-refractivity contribution in [1.82, 2.24) is 15.0 Å². The van der Waals surface area contributed by atoms with Crippen molar-refractivity contribution in [1.29, 1.82) is 0 Å². The van der Waals surface area contributed by atoms with Crippen LogP contribution in [0.25, 0.3) is 11.4 Å². The fraction of sp³-hybridized carbons (Fsp3) is 0.160.